The normalized spacial score (nSPS) is 10.5. The Kier molecular flexibility index (Phi) is 3.57. The van der Waals surface area contributed by atoms with Crippen molar-refractivity contribution in [2.45, 2.75) is 12.3 Å². The van der Waals surface area contributed by atoms with Gasteiger partial charge in [-0.25, -0.2) is 0 Å². The second-order valence-corrected chi connectivity index (χ2v) is 4.81. The van der Waals surface area contributed by atoms with Gasteiger partial charge in [0.25, 0.3) is 0 Å². The third-order valence-electron chi connectivity index (χ3n) is 1.92. The molecule has 0 aliphatic heterocycles. The first kappa shape index (κ1) is 10.9. The van der Waals surface area contributed by atoms with E-state index in [0.717, 1.165) is 20.6 Å². The molecule has 0 unspecified atom stereocenters. The molecule has 5 heteroatoms. The van der Waals surface area contributed by atoms with Crippen molar-refractivity contribution in [2.24, 2.45) is 0 Å². The van der Waals surface area contributed by atoms with Gasteiger partial charge in [-0.15, -0.1) is 21.8 Å². The number of rotatable bonds is 3. The van der Waals surface area contributed by atoms with E-state index in [1.807, 2.05) is 24.3 Å². The van der Waals surface area contributed by atoms with Crippen molar-refractivity contribution in [3.8, 4) is 0 Å². The number of benzene rings is 1. The molecular weight excluding hydrogens is 251 g/mol. The largest absolute Gasteiger partial charge is 0.143 e. The van der Waals surface area contributed by atoms with E-state index in [1.165, 1.54) is 11.3 Å². The standard InChI is InChI=1S/C10H8Cl2N2S/c11-6-10-14-13-9(15-10)5-7-3-1-2-4-8(7)12/h1-4H,5-6H2. The molecule has 0 radical (unpaired) electrons. The Morgan fingerprint density at radius 3 is 2.53 bits per heavy atom. The molecule has 2 rings (SSSR count). The number of alkyl halides is 1. The molecule has 0 bridgehead atoms. The SMILES string of the molecule is ClCc1nnc(Cc2ccccc2Cl)s1. The Hall–Kier alpha value is -0.640. The Morgan fingerprint density at radius 2 is 1.87 bits per heavy atom. The maximum atomic E-state index is 6.05. The van der Waals surface area contributed by atoms with E-state index in [9.17, 15) is 0 Å². The van der Waals surface area contributed by atoms with Crippen LogP contribution in [0.1, 0.15) is 15.6 Å². The van der Waals surface area contributed by atoms with Gasteiger partial charge in [0.05, 0.1) is 5.88 Å². The maximum Gasteiger partial charge on any atom is 0.132 e. The Morgan fingerprint density at radius 1 is 1.13 bits per heavy atom. The van der Waals surface area contributed by atoms with Crippen molar-refractivity contribution in [2.75, 3.05) is 0 Å². The van der Waals surface area contributed by atoms with Crippen LogP contribution >= 0.6 is 34.5 Å². The van der Waals surface area contributed by atoms with Crippen LogP contribution in [0.4, 0.5) is 0 Å². The lowest BCUT2D eigenvalue weighted by atomic mass is 10.2. The predicted molar refractivity (Wildman–Crippen MR) is 63.7 cm³/mol. The molecule has 0 fully saturated rings. The van der Waals surface area contributed by atoms with Crippen molar-refractivity contribution in [1.82, 2.24) is 10.2 Å². The van der Waals surface area contributed by atoms with Crippen LogP contribution in [0.15, 0.2) is 24.3 Å². The minimum Gasteiger partial charge on any atom is -0.143 e. The molecule has 0 amide bonds. The molecule has 1 aromatic heterocycles. The summed E-state index contributed by atoms with van der Waals surface area (Å²) < 4.78 is 0. The van der Waals surface area contributed by atoms with Gasteiger partial charge in [-0.1, -0.05) is 41.1 Å². The van der Waals surface area contributed by atoms with Crippen LogP contribution < -0.4 is 0 Å². The van der Waals surface area contributed by atoms with Gasteiger partial charge in [0.1, 0.15) is 10.0 Å². The molecule has 2 aromatic rings. The highest BCUT2D eigenvalue weighted by Crippen LogP contribution is 2.21. The highest BCUT2D eigenvalue weighted by atomic mass is 35.5. The van der Waals surface area contributed by atoms with Gasteiger partial charge in [0.2, 0.25) is 0 Å². The zero-order valence-electron chi connectivity index (χ0n) is 7.78. The van der Waals surface area contributed by atoms with E-state index in [1.54, 1.807) is 0 Å². The molecule has 0 atom stereocenters. The third kappa shape index (κ3) is 2.68. The van der Waals surface area contributed by atoms with Gasteiger partial charge in [-0.2, -0.15) is 0 Å². The summed E-state index contributed by atoms with van der Waals surface area (Å²) >= 11 is 13.2. The molecule has 1 aromatic carbocycles. The Labute approximate surface area is 102 Å². The number of nitrogens with zero attached hydrogens (tertiary/aromatic N) is 2. The lowest BCUT2D eigenvalue weighted by molar-refractivity contribution is 0.976. The third-order valence-corrected chi connectivity index (χ3v) is 3.63. The van der Waals surface area contributed by atoms with Crippen LogP contribution in [-0.4, -0.2) is 10.2 Å². The second-order valence-electron chi connectivity index (χ2n) is 2.99. The van der Waals surface area contributed by atoms with Gasteiger partial charge in [-0.05, 0) is 11.6 Å². The molecule has 0 saturated heterocycles. The molecule has 0 aliphatic carbocycles. The topological polar surface area (TPSA) is 25.8 Å². The van der Waals surface area contributed by atoms with Crippen molar-refractivity contribution < 1.29 is 0 Å². The average Bonchev–Trinajstić information content (AvgIpc) is 2.69. The van der Waals surface area contributed by atoms with E-state index in [2.05, 4.69) is 10.2 Å². The zero-order chi connectivity index (χ0) is 10.7. The molecule has 0 spiro atoms. The molecule has 2 nitrogen and oxygen atoms in total. The minimum atomic E-state index is 0.417. The highest BCUT2D eigenvalue weighted by molar-refractivity contribution is 7.11. The summed E-state index contributed by atoms with van der Waals surface area (Å²) in [5.41, 5.74) is 1.07. The molecule has 1 heterocycles. The van der Waals surface area contributed by atoms with Crippen molar-refractivity contribution >= 4 is 34.5 Å². The summed E-state index contributed by atoms with van der Waals surface area (Å²) in [7, 11) is 0. The molecule has 78 valence electrons. The highest BCUT2D eigenvalue weighted by Gasteiger charge is 2.06. The van der Waals surface area contributed by atoms with E-state index >= 15 is 0 Å². The summed E-state index contributed by atoms with van der Waals surface area (Å²) in [5.74, 6) is 0.417. The summed E-state index contributed by atoms with van der Waals surface area (Å²) in [5, 5.41) is 10.6. The zero-order valence-corrected chi connectivity index (χ0v) is 10.1. The van der Waals surface area contributed by atoms with Gasteiger partial charge in [0.15, 0.2) is 0 Å². The Balaban J connectivity index is 2.18. The van der Waals surface area contributed by atoms with E-state index < -0.39 is 0 Å². The minimum absolute atomic E-state index is 0.417. The van der Waals surface area contributed by atoms with Crippen LogP contribution in [0.25, 0.3) is 0 Å². The van der Waals surface area contributed by atoms with Crippen LogP contribution in [0.5, 0.6) is 0 Å². The fraction of sp³-hybridized carbons (Fsp3) is 0.200. The lowest BCUT2D eigenvalue weighted by Gasteiger charge is -1.99. The molecule has 0 aliphatic rings. The number of aromatic nitrogens is 2. The van der Waals surface area contributed by atoms with Crippen molar-refractivity contribution in [3.63, 3.8) is 0 Å². The maximum absolute atomic E-state index is 6.05. The fourth-order valence-electron chi connectivity index (χ4n) is 1.22. The molecule has 15 heavy (non-hydrogen) atoms. The first-order valence-electron chi connectivity index (χ1n) is 4.40. The first-order valence-corrected chi connectivity index (χ1v) is 6.13. The summed E-state index contributed by atoms with van der Waals surface area (Å²) in [6.07, 6.45) is 0.716. The van der Waals surface area contributed by atoms with Gasteiger partial charge in [0, 0.05) is 11.4 Å². The molecular formula is C10H8Cl2N2S. The van der Waals surface area contributed by atoms with Crippen molar-refractivity contribution in [1.29, 1.82) is 0 Å². The predicted octanol–water partition coefficient (Wildman–Crippen LogP) is 3.52. The monoisotopic (exact) mass is 258 g/mol. The summed E-state index contributed by atoms with van der Waals surface area (Å²) in [6, 6.07) is 7.74. The Bertz CT molecular complexity index is 456. The van der Waals surface area contributed by atoms with Gasteiger partial charge < -0.3 is 0 Å². The number of halogens is 2. The van der Waals surface area contributed by atoms with Crippen molar-refractivity contribution in [3.05, 3.63) is 44.9 Å². The van der Waals surface area contributed by atoms with Crippen LogP contribution in [0, 0.1) is 0 Å². The van der Waals surface area contributed by atoms with Crippen LogP contribution in [0.3, 0.4) is 0 Å². The molecule has 0 saturated carbocycles. The first-order chi connectivity index (χ1) is 7.29. The van der Waals surface area contributed by atoms with E-state index in [0.29, 0.717) is 12.3 Å². The molecule has 0 N–H and O–H groups in total. The van der Waals surface area contributed by atoms with E-state index in [-0.39, 0.29) is 0 Å². The smallest absolute Gasteiger partial charge is 0.132 e. The number of hydrogen-bond acceptors (Lipinski definition) is 3. The second kappa shape index (κ2) is 4.92. The quantitative estimate of drug-likeness (QED) is 0.788. The summed E-state index contributed by atoms with van der Waals surface area (Å²) in [4.78, 5) is 0. The fourth-order valence-corrected chi connectivity index (χ4v) is 2.36. The van der Waals surface area contributed by atoms with E-state index in [4.69, 9.17) is 23.2 Å². The van der Waals surface area contributed by atoms with Gasteiger partial charge in [-0.3, -0.25) is 0 Å². The van der Waals surface area contributed by atoms with Crippen LogP contribution in [0.2, 0.25) is 5.02 Å². The van der Waals surface area contributed by atoms with Crippen LogP contribution in [-0.2, 0) is 12.3 Å². The lowest BCUT2D eigenvalue weighted by Crippen LogP contribution is -1.88. The van der Waals surface area contributed by atoms with Gasteiger partial charge >= 0.3 is 0 Å². The summed E-state index contributed by atoms with van der Waals surface area (Å²) in [6.45, 7) is 0. The number of hydrogen-bond donors (Lipinski definition) is 0. The average molecular weight is 259 g/mol.